The molecule has 1 aliphatic carbocycles. The van der Waals surface area contributed by atoms with Gasteiger partial charge in [-0.1, -0.05) is 19.3 Å². The molecule has 0 aromatic carbocycles. The van der Waals surface area contributed by atoms with Crippen molar-refractivity contribution in [3.63, 3.8) is 0 Å². The lowest BCUT2D eigenvalue weighted by Crippen LogP contribution is -2.48. The standard InChI is InChI=1S/C15H27N3O3/c1-17(2)12-6-9-18(10-12)14(21)16-11-15(13(19)20)7-4-3-5-8-15/h12H,3-11H2,1-2H3,(H,16,21)(H,19,20). The normalized spacial score (nSPS) is 25.1. The molecule has 1 heterocycles. The van der Waals surface area contributed by atoms with Crippen LogP contribution in [0.5, 0.6) is 0 Å². The van der Waals surface area contributed by atoms with Gasteiger partial charge in [-0.2, -0.15) is 0 Å². The van der Waals surface area contributed by atoms with Gasteiger partial charge in [-0.3, -0.25) is 4.79 Å². The van der Waals surface area contributed by atoms with Crippen molar-refractivity contribution in [3.8, 4) is 0 Å². The summed E-state index contributed by atoms with van der Waals surface area (Å²) in [6.07, 6.45) is 5.29. The zero-order valence-corrected chi connectivity index (χ0v) is 13.1. The van der Waals surface area contributed by atoms with E-state index in [1.807, 2.05) is 14.1 Å². The topological polar surface area (TPSA) is 72.9 Å². The molecule has 1 aliphatic heterocycles. The summed E-state index contributed by atoms with van der Waals surface area (Å²) in [7, 11) is 4.04. The van der Waals surface area contributed by atoms with Crippen LogP contribution in [0.4, 0.5) is 4.79 Å². The fourth-order valence-corrected chi connectivity index (χ4v) is 3.40. The molecule has 0 bridgehead atoms. The highest BCUT2D eigenvalue weighted by molar-refractivity contribution is 5.78. The van der Waals surface area contributed by atoms with E-state index in [4.69, 9.17) is 0 Å². The van der Waals surface area contributed by atoms with E-state index in [0.717, 1.165) is 38.8 Å². The first-order valence-electron chi connectivity index (χ1n) is 7.87. The number of urea groups is 1. The van der Waals surface area contributed by atoms with Gasteiger partial charge < -0.3 is 20.2 Å². The van der Waals surface area contributed by atoms with Crippen molar-refractivity contribution in [2.24, 2.45) is 5.41 Å². The largest absolute Gasteiger partial charge is 0.481 e. The summed E-state index contributed by atoms with van der Waals surface area (Å²) < 4.78 is 0. The van der Waals surface area contributed by atoms with Crippen molar-refractivity contribution >= 4 is 12.0 Å². The van der Waals surface area contributed by atoms with Gasteiger partial charge in [0.25, 0.3) is 0 Å². The quantitative estimate of drug-likeness (QED) is 0.822. The summed E-state index contributed by atoms with van der Waals surface area (Å²) in [6.45, 7) is 1.72. The number of nitrogens with zero attached hydrogens (tertiary/aromatic N) is 2. The number of rotatable bonds is 4. The van der Waals surface area contributed by atoms with Crippen molar-refractivity contribution in [1.82, 2.24) is 15.1 Å². The Labute approximate surface area is 126 Å². The molecule has 2 fully saturated rings. The van der Waals surface area contributed by atoms with E-state index in [0.29, 0.717) is 18.9 Å². The highest BCUT2D eigenvalue weighted by atomic mass is 16.4. The monoisotopic (exact) mass is 297 g/mol. The van der Waals surface area contributed by atoms with Gasteiger partial charge >= 0.3 is 12.0 Å². The van der Waals surface area contributed by atoms with Gasteiger partial charge in [-0.15, -0.1) is 0 Å². The van der Waals surface area contributed by atoms with Gasteiger partial charge in [-0.05, 0) is 33.4 Å². The first kappa shape index (κ1) is 16.1. The van der Waals surface area contributed by atoms with Gasteiger partial charge in [0.05, 0.1) is 5.41 Å². The predicted molar refractivity (Wildman–Crippen MR) is 80.2 cm³/mol. The number of carbonyl (C=O) groups is 2. The van der Waals surface area contributed by atoms with Gasteiger partial charge in [0, 0.05) is 25.7 Å². The molecule has 2 aliphatic rings. The van der Waals surface area contributed by atoms with Crippen LogP contribution < -0.4 is 5.32 Å². The Morgan fingerprint density at radius 1 is 1.29 bits per heavy atom. The molecule has 1 unspecified atom stereocenters. The zero-order chi connectivity index (χ0) is 15.5. The van der Waals surface area contributed by atoms with E-state index < -0.39 is 11.4 Å². The SMILES string of the molecule is CN(C)C1CCN(C(=O)NCC2(C(=O)O)CCCCC2)C1. The van der Waals surface area contributed by atoms with Gasteiger partial charge in [-0.25, -0.2) is 4.79 Å². The first-order valence-corrected chi connectivity index (χ1v) is 7.87. The average Bonchev–Trinajstić information content (AvgIpc) is 2.95. The van der Waals surface area contributed by atoms with Crippen LogP contribution in [0.1, 0.15) is 38.5 Å². The van der Waals surface area contributed by atoms with Crippen LogP contribution in [-0.2, 0) is 4.79 Å². The Kier molecular flexibility index (Phi) is 5.08. The molecule has 2 amide bonds. The number of amides is 2. The minimum absolute atomic E-state index is 0.120. The predicted octanol–water partition coefficient (Wildman–Crippen LogP) is 1.37. The number of aliphatic carboxylic acids is 1. The first-order chi connectivity index (χ1) is 9.94. The van der Waals surface area contributed by atoms with Crippen LogP contribution >= 0.6 is 0 Å². The molecular formula is C15H27N3O3. The zero-order valence-electron chi connectivity index (χ0n) is 13.1. The van der Waals surface area contributed by atoms with Crippen LogP contribution in [0.2, 0.25) is 0 Å². The molecule has 2 rings (SSSR count). The van der Waals surface area contributed by atoms with E-state index in [1.165, 1.54) is 0 Å². The Morgan fingerprint density at radius 2 is 1.95 bits per heavy atom. The number of carboxylic acids is 1. The van der Waals surface area contributed by atoms with Crippen molar-refractivity contribution in [2.75, 3.05) is 33.7 Å². The Morgan fingerprint density at radius 3 is 2.48 bits per heavy atom. The van der Waals surface area contributed by atoms with E-state index in [-0.39, 0.29) is 12.6 Å². The number of hydrogen-bond donors (Lipinski definition) is 2. The minimum Gasteiger partial charge on any atom is -0.481 e. The van der Waals surface area contributed by atoms with Crippen LogP contribution in [0.15, 0.2) is 0 Å². The molecule has 0 spiro atoms. The Hall–Kier alpha value is -1.30. The summed E-state index contributed by atoms with van der Waals surface area (Å²) in [5, 5.41) is 12.4. The molecule has 1 saturated heterocycles. The lowest BCUT2D eigenvalue weighted by Gasteiger charge is -2.33. The van der Waals surface area contributed by atoms with E-state index in [2.05, 4.69) is 10.2 Å². The Balaban J connectivity index is 1.86. The molecule has 2 N–H and O–H groups in total. The van der Waals surface area contributed by atoms with E-state index >= 15 is 0 Å². The number of nitrogens with one attached hydrogen (secondary N) is 1. The smallest absolute Gasteiger partial charge is 0.317 e. The second-order valence-corrected chi connectivity index (χ2v) is 6.66. The van der Waals surface area contributed by atoms with Gasteiger partial charge in [0.1, 0.15) is 0 Å². The third-order valence-corrected chi connectivity index (χ3v) is 5.02. The highest BCUT2D eigenvalue weighted by Gasteiger charge is 2.40. The maximum atomic E-state index is 12.2. The van der Waals surface area contributed by atoms with Gasteiger partial charge in [0.15, 0.2) is 0 Å². The summed E-state index contributed by atoms with van der Waals surface area (Å²) in [5.41, 5.74) is -0.755. The van der Waals surface area contributed by atoms with Gasteiger partial charge in [0.2, 0.25) is 0 Å². The van der Waals surface area contributed by atoms with Crippen molar-refractivity contribution in [1.29, 1.82) is 0 Å². The summed E-state index contributed by atoms with van der Waals surface area (Å²) in [6, 6.07) is 0.282. The van der Waals surface area contributed by atoms with Crippen molar-refractivity contribution < 1.29 is 14.7 Å². The lowest BCUT2D eigenvalue weighted by atomic mass is 9.74. The maximum Gasteiger partial charge on any atom is 0.317 e. The molecule has 21 heavy (non-hydrogen) atoms. The van der Waals surface area contributed by atoms with E-state index in [9.17, 15) is 14.7 Å². The number of carboxylic acid groups (broad SMARTS) is 1. The van der Waals surface area contributed by atoms with Crippen molar-refractivity contribution in [3.05, 3.63) is 0 Å². The average molecular weight is 297 g/mol. The molecular weight excluding hydrogens is 270 g/mol. The van der Waals surface area contributed by atoms with Crippen LogP contribution in [0.25, 0.3) is 0 Å². The fourth-order valence-electron chi connectivity index (χ4n) is 3.40. The highest BCUT2D eigenvalue weighted by Crippen LogP contribution is 2.36. The summed E-state index contributed by atoms with van der Waals surface area (Å²) >= 11 is 0. The second-order valence-electron chi connectivity index (χ2n) is 6.66. The molecule has 1 saturated carbocycles. The number of hydrogen-bond acceptors (Lipinski definition) is 3. The summed E-state index contributed by atoms with van der Waals surface area (Å²) in [5.74, 6) is -0.768. The second kappa shape index (κ2) is 6.64. The number of likely N-dealkylation sites (tertiary alicyclic amines) is 1. The Bertz CT molecular complexity index is 392. The molecule has 6 nitrogen and oxygen atoms in total. The minimum atomic E-state index is -0.768. The third kappa shape index (κ3) is 3.67. The number of carbonyl (C=O) groups excluding carboxylic acids is 1. The summed E-state index contributed by atoms with van der Waals surface area (Å²) in [4.78, 5) is 27.7. The molecule has 6 heteroatoms. The fraction of sp³-hybridized carbons (Fsp3) is 0.867. The molecule has 0 aromatic rings. The lowest BCUT2D eigenvalue weighted by molar-refractivity contribution is -0.150. The maximum absolute atomic E-state index is 12.2. The molecule has 120 valence electrons. The van der Waals surface area contributed by atoms with Crippen LogP contribution in [-0.4, -0.2) is 66.7 Å². The third-order valence-electron chi connectivity index (χ3n) is 5.02. The number of likely N-dealkylation sites (N-methyl/N-ethyl adjacent to an activating group) is 1. The van der Waals surface area contributed by atoms with Crippen LogP contribution in [0, 0.1) is 5.41 Å². The molecule has 0 radical (unpaired) electrons. The van der Waals surface area contributed by atoms with E-state index in [1.54, 1.807) is 4.90 Å². The molecule has 1 atom stereocenters. The molecule has 0 aromatic heterocycles. The van der Waals surface area contributed by atoms with Crippen LogP contribution in [0.3, 0.4) is 0 Å². The van der Waals surface area contributed by atoms with Crippen molar-refractivity contribution in [2.45, 2.75) is 44.6 Å².